The number of carbonyl (C=O) groups excluding carboxylic acids is 4. The van der Waals surface area contributed by atoms with Crippen LogP contribution in [0.2, 0.25) is 0 Å². The van der Waals surface area contributed by atoms with Crippen LogP contribution in [0.15, 0.2) is 85.2 Å². The molecule has 5 amide bonds. The van der Waals surface area contributed by atoms with Crippen LogP contribution in [0.4, 0.5) is 25.0 Å². The average molecular weight is 911 g/mol. The van der Waals surface area contributed by atoms with Gasteiger partial charge in [0.05, 0.1) is 29.7 Å². The third-order valence-electron chi connectivity index (χ3n) is 13.7. The number of fused-ring (bicyclic) bond motifs is 1. The summed E-state index contributed by atoms with van der Waals surface area (Å²) in [6.45, 7) is 9.03. The number of amides is 5. The molecule has 5 heterocycles. The Hall–Kier alpha value is -7.04. The van der Waals surface area contributed by atoms with E-state index < -0.39 is 29.2 Å². The Morgan fingerprint density at radius 2 is 1.63 bits per heavy atom. The molecule has 0 saturated carbocycles. The summed E-state index contributed by atoms with van der Waals surface area (Å²) in [5.74, 6) is -2.13. The van der Waals surface area contributed by atoms with Crippen molar-refractivity contribution in [3.63, 3.8) is 0 Å². The van der Waals surface area contributed by atoms with E-state index in [2.05, 4.69) is 54.8 Å². The molecule has 9 rings (SSSR count). The van der Waals surface area contributed by atoms with Crippen LogP contribution in [0.25, 0.3) is 33.5 Å². The van der Waals surface area contributed by atoms with Gasteiger partial charge in [-0.25, -0.2) is 23.5 Å². The molecule has 0 aliphatic carbocycles. The number of anilines is 2. The molecule has 3 aliphatic rings. The van der Waals surface area contributed by atoms with Gasteiger partial charge in [-0.3, -0.25) is 29.5 Å². The Kier molecular flexibility index (Phi) is 12.1. The van der Waals surface area contributed by atoms with Crippen LogP contribution >= 0.6 is 0 Å². The summed E-state index contributed by atoms with van der Waals surface area (Å²) in [4.78, 5) is 69.5. The lowest BCUT2D eigenvalue weighted by molar-refractivity contribution is -0.120. The second kappa shape index (κ2) is 18.0. The number of hydrogen-bond acceptors (Lipinski definition) is 9. The lowest BCUT2D eigenvalue weighted by Gasteiger charge is -2.47. The van der Waals surface area contributed by atoms with Gasteiger partial charge < -0.3 is 25.0 Å². The number of hydrogen-bond donors (Lipinski definition) is 4. The van der Waals surface area contributed by atoms with Crippen molar-refractivity contribution >= 4 is 46.2 Å². The van der Waals surface area contributed by atoms with Gasteiger partial charge in [-0.2, -0.15) is 0 Å². The number of methoxy groups -OCH3 is 1. The van der Waals surface area contributed by atoms with E-state index in [0.29, 0.717) is 63.5 Å². The SMILES string of the molecule is COc1ccc(C(=O)N2CCC3(CCN(Cc4ccc(-c5cc6c(-c7cc(F)cc(NC(=O)c8ccc(C(C)(C)O)cc8F)c7C)ncnc6[nH]5)cc4)CC3)CC2)cc1N1CCC(=O)NC1=O. The predicted octanol–water partition coefficient (Wildman–Crippen LogP) is 8.33. The minimum absolute atomic E-state index is 0.0837. The van der Waals surface area contributed by atoms with E-state index >= 15 is 8.78 Å². The average Bonchev–Trinajstić information content (AvgIpc) is 3.76. The number of nitrogens with one attached hydrogen (secondary N) is 3. The number of aliphatic hydroxyl groups is 1. The highest BCUT2D eigenvalue weighted by atomic mass is 19.1. The van der Waals surface area contributed by atoms with E-state index in [9.17, 15) is 24.3 Å². The molecule has 4 N–H and O–H groups in total. The van der Waals surface area contributed by atoms with E-state index in [0.717, 1.165) is 62.6 Å². The molecule has 0 unspecified atom stereocenters. The number of urea groups is 1. The second-order valence-corrected chi connectivity index (χ2v) is 18.4. The van der Waals surface area contributed by atoms with E-state index in [1.54, 1.807) is 25.1 Å². The second-order valence-electron chi connectivity index (χ2n) is 18.4. The lowest BCUT2D eigenvalue weighted by Crippen LogP contribution is -2.50. The Bertz CT molecular complexity index is 2910. The summed E-state index contributed by atoms with van der Waals surface area (Å²) >= 11 is 0. The molecule has 3 fully saturated rings. The van der Waals surface area contributed by atoms with E-state index in [1.807, 2.05) is 11.0 Å². The molecule has 0 atom stereocenters. The van der Waals surface area contributed by atoms with Crippen molar-refractivity contribution in [2.45, 2.75) is 65.0 Å². The molecule has 2 aromatic heterocycles. The molecule has 4 aromatic carbocycles. The van der Waals surface area contributed by atoms with E-state index in [1.165, 1.54) is 62.0 Å². The molecule has 3 saturated heterocycles. The number of benzene rings is 4. The Labute approximate surface area is 386 Å². The number of halogens is 2. The first kappa shape index (κ1) is 45.1. The fourth-order valence-corrected chi connectivity index (χ4v) is 9.56. The fourth-order valence-electron chi connectivity index (χ4n) is 9.56. The van der Waals surface area contributed by atoms with Crippen LogP contribution in [-0.2, 0) is 16.9 Å². The number of piperidine rings is 2. The molecule has 14 nitrogen and oxygen atoms in total. The Balaban J connectivity index is 0.818. The third kappa shape index (κ3) is 9.23. The predicted molar refractivity (Wildman–Crippen MR) is 250 cm³/mol. The van der Waals surface area contributed by atoms with Crippen LogP contribution in [0.5, 0.6) is 5.75 Å². The third-order valence-corrected chi connectivity index (χ3v) is 13.7. The van der Waals surface area contributed by atoms with Crippen molar-refractivity contribution in [3.8, 4) is 28.3 Å². The maximum Gasteiger partial charge on any atom is 0.328 e. The van der Waals surface area contributed by atoms with Crippen molar-refractivity contribution < 1.29 is 37.8 Å². The van der Waals surface area contributed by atoms with Crippen molar-refractivity contribution in [1.29, 1.82) is 0 Å². The number of H-pyrrole nitrogens is 1. The highest BCUT2D eigenvalue weighted by molar-refractivity contribution is 6.07. The Morgan fingerprint density at radius 1 is 0.896 bits per heavy atom. The molecular weight excluding hydrogens is 859 g/mol. The largest absolute Gasteiger partial charge is 0.495 e. The minimum atomic E-state index is -1.29. The molecule has 1 spiro atoms. The van der Waals surface area contributed by atoms with Crippen LogP contribution in [-0.4, -0.2) is 93.4 Å². The van der Waals surface area contributed by atoms with Gasteiger partial charge in [0.25, 0.3) is 11.8 Å². The zero-order chi connectivity index (χ0) is 47.2. The molecule has 67 heavy (non-hydrogen) atoms. The molecule has 346 valence electrons. The van der Waals surface area contributed by atoms with Crippen molar-refractivity contribution in [2.75, 3.05) is 50.1 Å². The summed E-state index contributed by atoms with van der Waals surface area (Å²) in [6.07, 6.45) is 5.53. The first-order valence-electron chi connectivity index (χ1n) is 22.5. The van der Waals surface area contributed by atoms with Crippen LogP contribution in [0.1, 0.15) is 83.4 Å². The van der Waals surface area contributed by atoms with Crippen molar-refractivity contribution in [1.82, 2.24) is 30.1 Å². The highest BCUT2D eigenvalue weighted by Crippen LogP contribution is 2.42. The molecule has 16 heteroatoms. The van der Waals surface area contributed by atoms with Crippen LogP contribution < -0.4 is 20.3 Å². The Morgan fingerprint density at radius 3 is 2.31 bits per heavy atom. The zero-order valence-corrected chi connectivity index (χ0v) is 37.8. The van der Waals surface area contributed by atoms with E-state index in [4.69, 9.17) is 4.74 Å². The topological polar surface area (TPSA) is 173 Å². The maximum absolute atomic E-state index is 15.2. The van der Waals surface area contributed by atoms with Gasteiger partial charge in [-0.05, 0) is 136 Å². The van der Waals surface area contributed by atoms with Gasteiger partial charge in [-0.15, -0.1) is 0 Å². The first-order chi connectivity index (χ1) is 32.1. The smallest absolute Gasteiger partial charge is 0.328 e. The molecular formula is C51H52F2N8O6. The number of likely N-dealkylation sites (tertiary alicyclic amines) is 2. The van der Waals surface area contributed by atoms with E-state index in [-0.39, 0.29) is 41.4 Å². The number of rotatable bonds is 10. The fraction of sp³-hybridized carbons (Fsp3) is 0.333. The highest BCUT2D eigenvalue weighted by Gasteiger charge is 2.39. The van der Waals surface area contributed by atoms with Gasteiger partial charge in [0, 0.05) is 60.5 Å². The molecule has 0 bridgehead atoms. The number of carbonyl (C=O) groups is 4. The van der Waals surface area contributed by atoms with Gasteiger partial charge >= 0.3 is 6.03 Å². The number of imide groups is 1. The number of nitrogens with zero attached hydrogens (tertiary/aromatic N) is 5. The lowest BCUT2D eigenvalue weighted by atomic mass is 9.71. The van der Waals surface area contributed by atoms with Crippen LogP contribution in [0.3, 0.4) is 0 Å². The van der Waals surface area contributed by atoms with Crippen molar-refractivity contribution in [3.05, 3.63) is 125 Å². The summed E-state index contributed by atoms with van der Waals surface area (Å²) in [7, 11) is 1.51. The van der Waals surface area contributed by atoms with Gasteiger partial charge in [0.1, 0.15) is 29.4 Å². The number of aromatic nitrogens is 3. The quantitative estimate of drug-likeness (QED) is 0.105. The number of aromatic amines is 1. The normalized spacial score (nSPS) is 16.6. The van der Waals surface area contributed by atoms with Gasteiger partial charge in [0.2, 0.25) is 5.91 Å². The number of ether oxygens (including phenoxy) is 1. The maximum atomic E-state index is 15.2. The van der Waals surface area contributed by atoms with Crippen molar-refractivity contribution in [2.24, 2.45) is 5.41 Å². The van der Waals surface area contributed by atoms with Gasteiger partial charge in [0.15, 0.2) is 0 Å². The van der Waals surface area contributed by atoms with Gasteiger partial charge in [-0.1, -0.05) is 30.3 Å². The molecule has 0 radical (unpaired) electrons. The molecule has 6 aromatic rings. The van der Waals surface area contributed by atoms with Crippen LogP contribution in [0, 0.1) is 24.0 Å². The standard InChI is InChI=1S/C51H52F2N8O6/c1-30-37(25-35(52)26-40(30)57-47(63)36-11-10-34(24-39(36)53)50(2,3)66)45-38-27-41(56-46(38)55-29-54-45)32-7-5-31(6-8-32)28-59-19-14-51(15-20-59)16-21-60(22-17-51)48(64)33-9-12-43(67-4)42(23-33)61-18-13-44(62)58-49(61)65/h5-12,23-27,29,66H,13-22,28H2,1-4H3,(H,57,63)(H,54,55,56)(H,58,62,65). The summed E-state index contributed by atoms with van der Waals surface area (Å²) in [5, 5.41) is 15.9. The summed E-state index contributed by atoms with van der Waals surface area (Å²) in [5.41, 5.74) is 4.99. The summed E-state index contributed by atoms with van der Waals surface area (Å²) in [6, 6.07) is 21.3. The summed E-state index contributed by atoms with van der Waals surface area (Å²) < 4.78 is 35.7. The monoisotopic (exact) mass is 910 g/mol. The molecule has 3 aliphatic heterocycles. The first-order valence-corrected chi connectivity index (χ1v) is 22.5. The zero-order valence-electron chi connectivity index (χ0n) is 37.8. The minimum Gasteiger partial charge on any atom is -0.495 e.